The van der Waals surface area contributed by atoms with Gasteiger partial charge >= 0.3 is 0 Å². The molecule has 0 amide bonds. The van der Waals surface area contributed by atoms with E-state index in [0.717, 1.165) is 19.6 Å². The van der Waals surface area contributed by atoms with Gasteiger partial charge in [0.25, 0.3) is 0 Å². The molecule has 2 aliphatic rings. The molecule has 2 nitrogen and oxygen atoms in total. The minimum absolute atomic E-state index is 0.552. The first-order valence-corrected chi connectivity index (χ1v) is 7.78. The fourth-order valence-corrected chi connectivity index (χ4v) is 3.68. The van der Waals surface area contributed by atoms with Crippen LogP contribution < -0.4 is 10.6 Å². The minimum atomic E-state index is 0.552. The Hall–Kier alpha value is -0.860. The van der Waals surface area contributed by atoms with Gasteiger partial charge in [0.2, 0.25) is 0 Å². The second kappa shape index (κ2) is 5.64. The van der Waals surface area contributed by atoms with Crippen molar-refractivity contribution in [3.63, 3.8) is 0 Å². The number of nitrogens with one attached hydrogen (secondary N) is 2. The molecule has 0 radical (unpaired) electrons. The standard InChI is InChI=1S/C17H26N2/c1-17(8-2-3-9-17)13-19-12-15-6-4-5-14-11-18-10-7-16(14)15/h4-6,18-19H,2-3,7-13H2,1H3. The average molecular weight is 258 g/mol. The van der Waals surface area contributed by atoms with Gasteiger partial charge in [0.1, 0.15) is 0 Å². The lowest BCUT2D eigenvalue weighted by molar-refractivity contribution is 0.314. The Labute approximate surface area is 117 Å². The molecule has 2 heteroatoms. The summed E-state index contributed by atoms with van der Waals surface area (Å²) in [6, 6.07) is 6.78. The van der Waals surface area contributed by atoms with Gasteiger partial charge in [-0.1, -0.05) is 38.0 Å². The van der Waals surface area contributed by atoms with Crippen LogP contribution in [0.15, 0.2) is 18.2 Å². The van der Waals surface area contributed by atoms with Crippen molar-refractivity contribution in [2.75, 3.05) is 13.1 Å². The van der Waals surface area contributed by atoms with Crippen LogP contribution in [0.1, 0.15) is 49.3 Å². The molecule has 104 valence electrons. The Morgan fingerprint density at radius 1 is 1.26 bits per heavy atom. The van der Waals surface area contributed by atoms with Crippen LogP contribution in [0, 0.1) is 5.41 Å². The molecule has 2 N–H and O–H groups in total. The van der Waals surface area contributed by atoms with Crippen molar-refractivity contribution in [2.45, 2.75) is 52.1 Å². The first-order valence-electron chi connectivity index (χ1n) is 7.78. The van der Waals surface area contributed by atoms with E-state index in [1.807, 2.05) is 0 Å². The van der Waals surface area contributed by atoms with Gasteiger partial charge in [-0.3, -0.25) is 0 Å². The van der Waals surface area contributed by atoms with Gasteiger partial charge in [0.15, 0.2) is 0 Å². The molecule has 1 aromatic carbocycles. The van der Waals surface area contributed by atoms with E-state index in [9.17, 15) is 0 Å². The van der Waals surface area contributed by atoms with Gasteiger partial charge in [0, 0.05) is 19.6 Å². The predicted octanol–water partition coefficient (Wildman–Crippen LogP) is 3.00. The number of rotatable bonds is 4. The third kappa shape index (κ3) is 3.01. The van der Waals surface area contributed by atoms with Crippen molar-refractivity contribution >= 4 is 0 Å². The maximum atomic E-state index is 3.71. The second-order valence-corrected chi connectivity index (χ2v) is 6.60. The van der Waals surface area contributed by atoms with Crippen LogP contribution in [-0.4, -0.2) is 13.1 Å². The molecule has 1 aromatic rings. The Kier molecular flexibility index (Phi) is 3.90. The molecule has 1 saturated carbocycles. The molecule has 1 aliphatic carbocycles. The summed E-state index contributed by atoms with van der Waals surface area (Å²) in [4.78, 5) is 0. The van der Waals surface area contributed by atoms with E-state index < -0.39 is 0 Å². The second-order valence-electron chi connectivity index (χ2n) is 6.60. The van der Waals surface area contributed by atoms with E-state index in [2.05, 4.69) is 35.8 Å². The van der Waals surface area contributed by atoms with Crippen molar-refractivity contribution < 1.29 is 0 Å². The van der Waals surface area contributed by atoms with Crippen molar-refractivity contribution in [3.05, 3.63) is 34.9 Å². The molecule has 3 rings (SSSR count). The summed E-state index contributed by atoms with van der Waals surface area (Å²) in [7, 11) is 0. The molecule has 1 fully saturated rings. The molecular weight excluding hydrogens is 232 g/mol. The Balaban J connectivity index is 1.61. The van der Waals surface area contributed by atoms with Crippen molar-refractivity contribution in [1.82, 2.24) is 10.6 Å². The Bertz CT molecular complexity index is 433. The highest BCUT2D eigenvalue weighted by Gasteiger charge is 2.27. The van der Waals surface area contributed by atoms with Crippen LogP contribution in [0.5, 0.6) is 0 Å². The number of hydrogen-bond donors (Lipinski definition) is 2. The highest BCUT2D eigenvalue weighted by atomic mass is 14.9. The van der Waals surface area contributed by atoms with Crippen LogP contribution in [0.2, 0.25) is 0 Å². The SMILES string of the molecule is CC1(CNCc2cccc3c2CCNC3)CCCC1. The fraction of sp³-hybridized carbons (Fsp3) is 0.647. The fourth-order valence-electron chi connectivity index (χ4n) is 3.68. The van der Waals surface area contributed by atoms with Crippen LogP contribution >= 0.6 is 0 Å². The summed E-state index contributed by atoms with van der Waals surface area (Å²) in [6.45, 7) is 6.83. The number of fused-ring (bicyclic) bond motifs is 1. The largest absolute Gasteiger partial charge is 0.312 e. The molecule has 1 heterocycles. The summed E-state index contributed by atoms with van der Waals surface area (Å²) in [6.07, 6.45) is 6.83. The van der Waals surface area contributed by atoms with Gasteiger partial charge in [-0.05, 0) is 47.9 Å². The molecule has 1 aliphatic heterocycles. The number of benzene rings is 1. The van der Waals surface area contributed by atoms with E-state index in [4.69, 9.17) is 0 Å². The van der Waals surface area contributed by atoms with Gasteiger partial charge in [-0.25, -0.2) is 0 Å². The first kappa shape index (κ1) is 13.1. The van der Waals surface area contributed by atoms with E-state index >= 15 is 0 Å². The van der Waals surface area contributed by atoms with Gasteiger partial charge < -0.3 is 10.6 Å². The van der Waals surface area contributed by atoms with E-state index in [0.29, 0.717) is 5.41 Å². The lowest BCUT2D eigenvalue weighted by atomic mass is 9.88. The molecule has 0 bridgehead atoms. The molecule has 0 spiro atoms. The van der Waals surface area contributed by atoms with E-state index in [1.165, 1.54) is 49.8 Å². The molecule has 0 saturated heterocycles. The molecule has 0 unspecified atom stereocenters. The van der Waals surface area contributed by atoms with Crippen molar-refractivity contribution in [3.8, 4) is 0 Å². The highest BCUT2D eigenvalue weighted by molar-refractivity contribution is 5.36. The molecule has 0 aromatic heterocycles. The predicted molar refractivity (Wildman–Crippen MR) is 80.1 cm³/mol. The maximum Gasteiger partial charge on any atom is 0.0208 e. The lowest BCUT2D eigenvalue weighted by Gasteiger charge is -2.25. The van der Waals surface area contributed by atoms with Crippen LogP contribution in [-0.2, 0) is 19.5 Å². The Morgan fingerprint density at radius 2 is 2.11 bits per heavy atom. The number of hydrogen-bond acceptors (Lipinski definition) is 2. The smallest absolute Gasteiger partial charge is 0.0208 e. The van der Waals surface area contributed by atoms with Gasteiger partial charge in [-0.15, -0.1) is 0 Å². The zero-order chi connectivity index (χ0) is 13.1. The average Bonchev–Trinajstić information content (AvgIpc) is 2.86. The van der Waals surface area contributed by atoms with Gasteiger partial charge in [-0.2, -0.15) is 0 Å². The van der Waals surface area contributed by atoms with Crippen molar-refractivity contribution in [2.24, 2.45) is 5.41 Å². The summed E-state index contributed by atoms with van der Waals surface area (Å²) in [5, 5.41) is 7.17. The summed E-state index contributed by atoms with van der Waals surface area (Å²) in [5.41, 5.74) is 5.15. The quantitative estimate of drug-likeness (QED) is 0.867. The normalized spacial score (nSPS) is 21.3. The minimum Gasteiger partial charge on any atom is -0.312 e. The summed E-state index contributed by atoms with van der Waals surface area (Å²) < 4.78 is 0. The third-order valence-electron chi connectivity index (χ3n) is 4.92. The highest BCUT2D eigenvalue weighted by Crippen LogP contribution is 2.36. The Morgan fingerprint density at radius 3 is 2.95 bits per heavy atom. The summed E-state index contributed by atoms with van der Waals surface area (Å²) >= 11 is 0. The van der Waals surface area contributed by atoms with Crippen molar-refractivity contribution in [1.29, 1.82) is 0 Å². The lowest BCUT2D eigenvalue weighted by Crippen LogP contribution is -2.30. The van der Waals surface area contributed by atoms with Gasteiger partial charge in [0.05, 0.1) is 0 Å². The molecule has 0 atom stereocenters. The topological polar surface area (TPSA) is 24.1 Å². The summed E-state index contributed by atoms with van der Waals surface area (Å²) in [5.74, 6) is 0. The zero-order valence-corrected chi connectivity index (χ0v) is 12.1. The molecular formula is C17H26N2. The first-order chi connectivity index (χ1) is 9.27. The van der Waals surface area contributed by atoms with Crippen LogP contribution in [0.4, 0.5) is 0 Å². The maximum absolute atomic E-state index is 3.71. The van der Waals surface area contributed by atoms with Crippen LogP contribution in [0.3, 0.4) is 0 Å². The van der Waals surface area contributed by atoms with E-state index in [1.54, 1.807) is 5.56 Å². The monoisotopic (exact) mass is 258 g/mol. The third-order valence-corrected chi connectivity index (χ3v) is 4.92. The van der Waals surface area contributed by atoms with Crippen LogP contribution in [0.25, 0.3) is 0 Å². The zero-order valence-electron chi connectivity index (χ0n) is 12.1. The molecule has 19 heavy (non-hydrogen) atoms. The van der Waals surface area contributed by atoms with E-state index in [-0.39, 0.29) is 0 Å².